The monoisotopic (exact) mass is 283 g/mol. The summed E-state index contributed by atoms with van der Waals surface area (Å²) in [5.41, 5.74) is 0.587. The molecule has 1 aromatic carbocycles. The van der Waals surface area contributed by atoms with Crippen LogP contribution in [-0.2, 0) is 0 Å². The molecule has 19 heavy (non-hydrogen) atoms. The summed E-state index contributed by atoms with van der Waals surface area (Å²) in [5, 5.41) is 2.83. The van der Waals surface area contributed by atoms with Crippen molar-refractivity contribution in [2.45, 2.75) is 50.4 Å². The minimum atomic E-state index is -0.445. The maximum atomic E-state index is 13.9. The van der Waals surface area contributed by atoms with Crippen LogP contribution < -0.4 is 5.32 Å². The fourth-order valence-electron chi connectivity index (χ4n) is 2.49. The minimum Gasteiger partial charge on any atom is -0.348 e. The zero-order valence-electron chi connectivity index (χ0n) is 11.1. The van der Waals surface area contributed by atoms with Gasteiger partial charge in [0.15, 0.2) is 0 Å². The molecule has 1 fully saturated rings. The molecule has 104 valence electrons. The highest BCUT2D eigenvalue weighted by Crippen LogP contribution is 2.23. The molecule has 1 aliphatic carbocycles. The fraction of sp³-hybridized carbons (Fsp3) is 0.533. The molecule has 2 nitrogen and oxygen atoms in total. The maximum absolute atomic E-state index is 13.9. The predicted octanol–water partition coefficient (Wildman–Crippen LogP) is 3.80. The molecule has 0 bridgehead atoms. The summed E-state index contributed by atoms with van der Waals surface area (Å²) in [7, 11) is 0. The Morgan fingerprint density at radius 2 is 2.05 bits per heavy atom. The molecule has 1 aromatic rings. The summed E-state index contributed by atoms with van der Waals surface area (Å²) < 4.78 is 13.9. The second kappa shape index (κ2) is 6.38. The van der Waals surface area contributed by atoms with Gasteiger partial charge in [0.1, 0.15) is 5.82 Å². The Balaban J connectivity index is 2.09. The summed E-state index contributed by atoms with van der Waals surface area (Å²) in [6, 6.07) is 4.80. The van der Waals surface area contributed by atoms with Gasteiger partial charge >= 0.3 is 0 Å². The Labute approximate surface area is 118 Å². The largest absolute Gasteiger partial charge is 0.348 e. The zero-order valence-corrected chi connectivity index (χ0v) is 11.8. The van der Waals surface area contributed by atoms with E-state index in [1.807, 2.05) is 0 Å². The number of carbonyl (C=O) groups is 1. The van der Waals surface area contributed by atoms with Crippen LogP contribution >= 0.6 is 11.6 Å². The first-order valence-corrected chi connectivity index (χ1v) is 7.23. The van der Waals surface area contributed by atoms with Crippen LogP contribution in [0.15, 0.2) is 18.2 Å². The summed E-state index contributed by atoms with van der Waals surface area (Å²) >= 11 is 6.28. The van der Waals surface area contributed by atoms with Crippen LogP contribution in [-0.4, -0.2) is 17.3 Å². The number of rotatable bonds is 2. The van der Waals surface area contributed by atoms with Crippen molar-refractivity contribution in [3.8, 4) is 0 Å². The van der Waals surface area contributed by atoms with Gasteiger partial charge in [-0.3, -0.25) is 4.79 Å². The van der Waals surface area contributed by atoms with Gasteiger partial charge in [-0.25, -0.2) is 4.39 Å². The van der Waals surface area contributed by atoms with E-state index in [0.29, 0.717) is 5.56 Å². The highest BCUT2D eigenvalue weighted by molar-refractivity contribution is 6.21. The average Bonchev–Trinajstić information content (AvgIpc) is 2.58. The van der Waals surface area contributed by atoms with Crippen molar-refractivity contribution in [2.75, 3.05) is 0 Å². The van der Waals surface area contributed by atoms with Gasteiger partial charge in [-0.2, -0.15) is 0 Å². The van der Waals surface area contributed by atoms with Gasteiger partial charge in [0.2, 0.25) is 0 Å². The normalized spacial score (nSPS) is 23.7. The molecule has 2 atom stereocenters. The van der Waals surface area contributed by atoms with E-state index >= 15 is 0 Å². The Morgan fingerprint density at radius 1 is 1.32 bits per heavy atom. The number of aryl methyl sites for hydroxylation is 1. The molecule has 0 heterocycles. The van der Waals surface area contributed by atoms with Crippen LogP contribution in [0.2, 0.25) is 0 Å². The first-order valence-electron chi connectivity index (χ1n) is 6.79. The molecule has 0 aromatic heterocycles. The Bertz CT molecular complexity index is 463. The van der Waals surface area contributed by atoms with Crippen LogP contribution in [0.1, 0.15) is 48.0 Å². The lowest BCUT2D eigenvalue weighted by Crippen LogP contribution is -2.40. The molecule has 2 unspecified atom stereocenters. The van der Waals surface area contributed by atoms with Crippen molar-refractivity contribution < 1.29 is 9.18 Å². The molecule has 1 saturated carbocycles. The number of hydrogen-bond acceptors (Lipinski definition) is 1. The molecule has 2 rings (SSSR count). The van der Waals surface area contributed by atoms with Crippen LogP contribution in [0, 0.1) is 12.7 Å². The lowest BCUT2D eigenvalue weighted by molar-refractivity contribution is 0.0929. The molecular formula is C15H19ClFNO. The van der Waals surface area contributed by atoms with Gasteiger partial charge in [-0.15, -0.1) is 11.6 Å². The van der Waals surface area contributed by atoms with Crippen LogP contribution in [0.3, 0.4) is 0 Å². The number of halogens is 2. The Morgan fingerprint density at radius 3 is 2.84 bits per heavy atom. The quantitative estimate of drug-likeness (QED) is 0.649. The molecule has 4 heteroatoms. The van der Waals surface area contributed by atoms with E-state index in [4.69, 9.17) is 11.6 Å². The summed E-state index contributed by atoms with van der Waals surface area (Å²) in [6.07, 6.45) is 5.08. The van der Waals surface area contributed by atoms with Gasteiger partial charge in [0, 0.05) is 6.04 Å². The molecular weight excluding hydrogens is 265 g/mol. The van der Waals surface area contributed by atoms with Crippen LogP contribution in [0.4, 0.5) is 4.39 Å². The Hall–Kier alpha value is -1.09. The maximum Gasteiger partial charge on any atom is 0.254 e. The molecule has 0 aliphatic heterocycles. The van der Waals surface area contributed by atoms with E-state index in [1.54, 1.807) is 19.1 Å². The van der Waals surface area contributed by atoms with Crippen molar-refractivity contribution >= 4 is 17.5 Å². The van der Waals surface area contributed by atoms with E-state index in [2.05, 4.69) is 5.32 Å². The SMILES string of the molecule is Cc1cccc(C(=O)NC2CCCCCC2Cl)c1F. The summed E-state index contributed by atoms with van der Waals surface area (Å²) in [6.45, 7) is 1.65. The number of benzene rings is 1. The van der Waals surface area contributed by atoms with Gasteiger partial charge in [0.25, 0.3) is 5.91 Å². The average molecular weight is 284 g/mol. The standard InChI is InChI=1S/C15H19ClFNO/c1-10-6-5-7-11(14(10)17)15(19)18-13-9-4-2-3-8-12(13)16/h5-7,12-13H,2-4,8-9H2,1H3,(H,18,19). The Kier molecular flexibility index (Phi) is 4.81. The molecule has 1 aliphatic rings. The third kappa shape index (κ3) is 3.47. The van der Waals surface area contributed by atoms with E-state index in [1.165, 1.54) is 6.07 Å². The smallest absolute Gasteiger partial charge is 0.254 e. The lowest BCUT2D eigenvalue weighted by atomic mass is 10.1. The van der Waals surface area contributed by atoms with E-state index < -0.39 is 5.82 Å². The highest BCUT2D eigenvalue weighted by atomic mass is 35.5. The highest BCUT2D eigenvalue weighted by Gasteiger charge is 2.24. The summed E-state index contributed by atoms with van der Waals surface area (Å²) in [4.78, 5) is 12.1. The van der Waals surface area contributed by atoms with Crippen molar-refractivity contribution in [3.63, 3.8) is 0 Å². The van der Waals surface area contributed by atoms with Crippen LogP contribution in [0.25, 0.3) is 0 Å². The molecule has 0 saturated heterocycles. The first kappa shape index (κ1) is 14.3. The number of nitrogens with one attached hydrogen (secondary N) is 1. The van der Waals surface area contributed by atoms with Crippen molar-refractivity contribution in [3.05, 3.63) is 35.1 Å². The third-order valence-corrected chi connectivity index (χ3v) is 4.21. The second-order valence-corrected chi connectivity index (χ2v) is 5.73. The number of hydrogen-bond donors (Lipinski definition) is 1. The third-order valence-electron chi connectivity index (χ3n) is 3.68. The topological polar surface area (TPSA) is 29.1 Å². The predicted molar refractivity (Wildman–Crippen MR) is 75.1 cm³/mol. The van der Waals surface area contributed by atoms with Gasteiger partial charge in [-0.1, -0.05) is 31.4 Å². The first-order chi connectivity index (χ1) is 9.09. The van der Waals surface area contributed by atoms with Gasteiger partial charge in [-0.05, 0) is 31.4 Å². The fourth-order valence-corrected chi connectivity index (χ4v) is 2.84. The van der Waals surface area contributed by atoms with Gasteiger partial charge < -0.3 is 5.32 Å². The zero-order chi connectivity index (χ0) is 13.8. The van der Waals surface area contributed by atoms with Crippen LogP contribution in [0.5, 0.6) is 0 Å². The molecule has 0 radical (unpaired) electrons. The van der Waals surface area contributed by atoms with Crippen molar-refractivity contribution in [1.82, 2.24) is 5.32 Å². The second-order valence-electron chi connectivity index (χ2n) is 5.17. The van der Waals surface area contributed by atoms with Gasteiger partial charge in [0.05, 0.1) is 10.9 Å². The lowest BCUT2D eigenvalue weighted by Gasteiger charge is -2.21. The number of amides is 1. The van der Waals surface area contributed by atoms with Crippen molar-refractivity contribution in [1.29, 1.82) is 0 Å². The number of carbonyl (C=O) groups excluding carboxylic acids is 1. The van der Waals surface area contributed by atoms with E-state index in [9.17, 15) is 9.18 Å². The number of alkyl halides is 1. The molecule has 1 N–H and O–H groups in total. The minimum absolute atomic E-state index is 0.0562. The molecule has 1 amide bonds. The van der Waals surface area contributed by atoms with Crippen molar-refractivity contribution in [2.24, 2.45) is 0 Å². The molecule has 0 spiro atoms. The van der Waals surface area contributed by atoms with E-state index in [0.717, 1.165) is 32.1 Å². The van der Waals surface area contributed by atoms with E-state index in [-0.39, 0.29) is 22.9 Å². The summed E-state index contributed by atoms with van der Waals surface area (Å²) in [5.74, 6) is -0.807.